The maximum atomic E-state index is 12.1. The van der Waals surface area contributed by atoms with E-state index in [1.165, 1.54) is 10.8 Å². The number of H-pyrrole nitrogens is 1. The first-order valence-corrected chi connectivity index (χ1v) is 8.97. The summed E-state index contributed by atoms with van der Waals surface area (Å²) in [5, 5.41) is 10.2. The summed E-state index contributed by atoms with van der Waals surface area (Å²) >= 11 is 0. The van der Waals surface area contributed by atoms with Gasteiger partial charge in [-0.1, -0.05) is 30.3 Å². The zero-order valence-electron chi connectivity index (χ0n) is 15.4. The number of benzene rings is 1. The van der Waals surface area contributed by atoms with Gasteiger partial charge in [-0.2, -0.15) is 0 Å². The lowest BCUT2D eigenvalue weighted by Gasteiger charge is -2.18. The van der Waals surface area contributed by atoms with Gasteiger partial charge in [0.25, 0.3) is 5.56 Å². The number of aryl methyl sites for hydroxylation is 1. The average molecular weight is 389 g/mol. The van der Waals surface area contributed by atoms with Gasteiger partial charge in [0, 0.05) is 18.2 Å². The maximum Gasteiger partial charge on any atom is 0.330 e. The molecular formula is C19H23N3O6. The molecule has 4 atom stereocenters. The Balaban J connectivity index is 1.57. The predicted octanol–water partition coefficient (Wildman–Crippen LogP) is -0.393. The number of aromatic nitrogens is 2. The minimum atomic E-state index is -0.928. The van der Waals surface area contributed by atoms with E-state index in [1.54, 1.807) is 6.92 Å². The molecule has 9 nitrogen and oxygen atoms in total. The minimum Gasteiger partial charge on any atom is -0.462 e. The van der Waals surface area contributed by atoms with Crippen LogP contribution < -0.4 is 17.0 Å². The highest BCUT2D eigenvalue weighted by Crippen LogP contribution is 2.27. The molecule has 2 heterocycles. The monoisotopic (exact) mass is 389 g/mol. The van der Waals surface area contributed by atoms with Crippen molar-refractivity contribution in [2.24, 2.45) is 5.73 Å². The summed E-state index contributed by atoms with van der Waals surface area (Å²) in [6.45, 7) is 1.38. The van der Waals surface area contributed by atoms with Crippen molar-refractivity contribution in [1.82, 2.24) is 9.55 Å². The number of aliphatic hydroxyl groups is 1. The van der Waals surface area contributed by atoms with Gasteiger partial charge in [-0.15, -0.1) is 0 Å². The van der Waals surface area contributed by atoms with E-state index in [-0.39, 0.29) is 13.0 Å². The number of carbonyl (C=O) groups is 1. The van der Waals surface area contributed by atoms with Gasteiger partial charge in [0.1, 0.15) is 25.0 Å². The Morgan fingerprint density at radius 2 is 2.11 bits per heavy atom. The van der Waals surface area contributed by atoms with E-state index >= 15 is 0 Å². The molecule has 0 spiro atoms. The number of aromatic amines is 1. The Morgan fingerprint density at radius 1 is 1.39 bits per heavy atom. The highest BCUT2D eigenvalue weighted by molar-refractivity contribution is 5.75. The predicted molar refractivity (Wildman–Crippen MR) is 99.7 cm³/mol. The first kappa shape index (κ1) is 20.0. The highest BCUT2D eigenvalue weighted by atomic mass is 16.6. The Morgan fingerprint density at radius 3 is 2.82 bits per heavy atom. The third-order valence-electron chi connectivity index (χ3n) is 4.65. The molecule has 1 fully saturated rings. The smallest absolute Gasteiger partial charge is 0.330 e. The van der Waals surface area contributed by atoms with Gasteiger partial charge < -0.3 is 20.3 Å². The molecule has 1 unspecified atom stereocenters. The molecule has 1 aliphatic heterocycles. The van der Waals surface area contributed by atoms with Crippen molar-refractivity contribution in [3.05, 3.63) is 68.5 Å². The van der Waals surface area contributed by atoms with E-state index in [4.69, 9.17) is 15.2 Å². The van der Waals surface area contributed by atoms with Crippen molar-refractivity contribution in [2.75, 3.05) is 6.61 Å². The van der Waals surface area contributed by atoms with E-state index in [0.717, 1.165) is 5.56 Å². The quantitative estimate of drug-likeness (QED) is 0.572. The molecule has 1 aromatic heterocycles. The summed E-state index contributed by atoms with van der Waals surface area (Å²) in [7, 11) is 0. The number of nitrogens with two attached hydrogens (primary N) is 1. The lowest BCUT2D eigenvalue weighted by atomic mass is 10.1. The zero-order chi connectivity index (χ0) is 20.3. The van der Waals surface area contributed by atoms with E-state index < -0.39 is 41.7 Å². The number of ether oxygens (including phenoxy) is 2. The molecule has 2 aromatic rings. The van der Waals surface area contributed by atoms with Crippen LogP contribution in [0.5, 0.6) is 0 Å². The molecule has 0 saturated carbocycles. The standard InChI is InChI=1S/C19H23N3O6/c1-11-9-22(19(26)21-17(11)24)16-8-14(23)15(28-16)10-27-18(25)13(20)7-12-5-3-2-4-6-12/h2-6,9,13-16,23H,7-8,10,20H2,1H3,(H,21,24,26)/t13?,14-,15+,16+/m0/s1. The summed E-state index contributed by atoms with van der Waals surface area (Å²) in [5.74, 6) is -0.597. The topological polar surface area (TPSA) is 137 Å². The lowest BCUT2D eigenvalue weighted by Crippen LogP contribution is -2.37. The number of nitrogens with one attached hydrogen (secondary N) is 1. The Labute approximate surface area is 160 Å². The van der Waals surface area contributed by atoms with E-state index in [1.807, 2.05) is 30.3 Å². The van der Waals surface area contributed by atoms with Crippen molar-refractivity contribution in [1.29, 1.82) is 0 Å². The molecule has 0 bridgehead atoms. The molecule has 1 aromatic carbocycles. The number of rotatable bonds is 6. The summed E-state index contributed by atoms with van der Waals surface area (Å²) in [6.07, 6.45) is -0.645. The third-order valence-corrected chi connectivity index (χ3v) is 4.65. The summed E-state index contributed by atoms with van der Waals surface area (Å²) in [4.78, 5) is 37.8. The van der Waals surface area contributed by atoms with Crippen LogP contribution in [0.2, 0.25) is 0 Å². The molecule has 0 amide bonds. The van der Waals surface area contributed by atoms with Gasteiger partial charge in [0.05, 0.1) is 6.10 Å². The van der Waals surface area contributed by atoms with Crippen LogP contribution in [0.3, 0.4) is 0 Å². The highest BCUT2D eigenvalue weighted by Gasteiger charge is 2.36. The van der Waals surface area contributed by atoms with Crippen molar-refractivity contribution in [3.63, 3.8) is 0 Å². The maximum absolute atomic E-state index is 12.1. The van der Waals surface area contributed by atoms with Crippen LogP contribution in [0.1, 0.15) is 23.8 Å². The molecule has 0 aliphatic carbocycles. The van der Waals surface area contributed by atoms with Crippen molar-refractivity contribution >= 4 is 5.97 Å². The Bertz CT molecular complexity index is 939. The van der Waals surface area contributed by atoms with Gasteiger partial charge in [0.15, 0.2) is 0 Å². The minimum absolute atomic E-state index is 0.129. The molecule has 9 heteroatoms. The second-order valence-electron chi connectivity index (χ2n) is 6.84. The van der Waals surface area contributed by atoms with E-state index in [2.05, 4.69) is 4.98 Å². The average Bonchev–Trinajstić information content (AvgIpc) is 3.04. The number of hydrogen-bond acceptors (Lipinski definition) is 7. The molecule has 0 radical (unpaired) electrons. The number of nitrogens with zero attached hydrogens (tertiary/aromatic N) is 1. The van der Waals surface area contributed by atoms with E-state index in [9.17, 15) is 19.5 Å². The van der Waals surface area contributed by atoms with Crippen molar-refractivity contribution in [3.8, 4) is 0 Å². The zero-order valence-corrected chi connectivity index (χ0v) is 15.4. The molecule has 1 saturated heterocycles. The van der Waals surface area contributed by atoms with Gasteiger partial charge in [0.2, 0.25) is 0 Å². The van der Waals surface area contributed by atoms with E-state index in [0.29, 0.717) is 12.0 Å². The van der Waals surface area contributed by atoms with Crippen LogP contribution in [-0.2, 0) is 20.7 Å². The van der Waals surface area contributed by atoms with Crippen LogP contribution in [0, 0.1) is 6.92 Å². The van der Waals surface area contributed by atoms with Crippen LogP contribution in [-0.4, -0.2) is 45.5 Å². The fourth-order valence-corrected chi connectivity index (χ4v) is 3.06. The third kappa shape index (κ3) is 4.56. The van der Waals surface area contributed by atoms with Gasteiger partial charge in [-0.25, -0.2) is 4.79 Å². The van der Waals surface area contributed by atoms with Gasteiger partial charge >= 0.3 is 11.7 Å². The number of aliphatic hydroxyl groups excluding tert-OH is 1. The summed E-state index contributed by atoms with van der Waals surface area (Å²) in [5.41, 5.74) is 6.04. The molecule has 28 heavy (non-hydrogen) atoms. The normalized spacial score (nSPS) is 22.8. The Kier molecular flexibility index (Phi) is 6.08. The van der Waals surface area contributed by atoms with Crippen molar-refractivity contribution in [2.45, 2.75) is 44.2 Å². The Hall–Kier alpha value is -2.75. The van der Waals surface area contributed by atoms with Gasteiger partial charge in [-0.05, 0) is 18.9 Å². The fraction of sp³-hybridized carbons (Fsp3) is 0.421. The fourth-order valence-electron chi connectivity index (χ4n) is 3.06. The second-order valence-corrected chi connectivity index (χ2v) is 6.84. The second kappa shape index (κ2) is 8.51. The molecular weight excluding hydrogens is 366 g/mol. The van der Waals surface area contributed by atoms with Crippen molar-refractivity contribution < 1.29 is 19.4 Å². The summed E-state index contributed by atoms with van der Waals surface area (Å²) in [6, 6.07) is 8.49. The van der Waals surface area contributed by atoms with Gasteiger partial charge in [-0.3, -0.25) is 19.1 Å². The van der Waals surface area contributed by atoms with Crippen LogP contribution >= 0.6 is 0 Å². The SMILES string of the molecule is Cc1cn([C@H]2C[C@H](O)[C@@H](COC(=O)C(N)Cc3ccccc3)O2)c(=O)[nH]c1=O. The molecule has 3 rings (SSSR count). The molecule has 4 N–H and O–H groups in total. The van der Waals surface area contributed by atoms with Crippen LogP contribution in [0.4, 0.5) is 0 Å². The number of esters is 1. The van der Waals surface area contributed by atoms with Crippen LogP contribution in [0.15, 0.2) is 46.1 Å². The largest absolute Gasteiger partial charge is 0.462 e. The summed E-state index contributed by atoms with van der Waals surface area (Å²) < 4.78 is 12.1. The first-order chi connectivity index (χ1) is 13.3. The molecule has 150 valence electrons. The number of carbonyl (C=O) groups excluding carboxylic acids is 1. The van der Waals surface area contributed by atoms with Crippen LogP contribution in [0.25, 0.3) is 0 Å². The number of hydrogen-bond donors (Lipinski definition) is 3. The lowest BCUT2D eigenvalue weighted by molar-refractivity contribution is -0.151. The first-order valence-electron chi connectivity index (χ1n) is 8.97. The molecule has 1 aliphatic rings.